The molecule has 11 heteroatoms. The molecule has 0 saturated carbocycles. The van der Waals surface area contributed by atoms with Crippen molar-refractivity contribution >= 4 is 23.8 Å². The number of amides is 4. The highest BCUT2D eigenvalue weighted by Gasteiger charge is 2.40. The van der Waals surface area contributed by atoms with Crippen LogP contribution in [0.3, 0.4) is 0 Å². The number of imide groups is 1. The molecule has 1 atom stereocenters. The number of benzene rings is 3. The quantitative estimate of drug-likeness (QED) is 0.496. The molecule has 1 unspecified atom stereocenters. The third-order valence-electron chi connectivity index (χ3n) is 6.58. The van der Waals surface area contributed by atoms with Gasteiger partial charge in [0.1, 0.15) is 29.2 Å². The normalized spacial score (nSPS) is 16.9. The lowest BCUT2D eigenvalue weighted by atomic mass is 9.96. The van der Waals surface area contributed by atoms with Gasteiger partial charge in [0.15, 0.2) is 0 Å². The van der Waals surface area contributed by atoms with E-state index >= 15 is 8.78 Å². The second-order valence-corrected chi connectivity index (χ2v) is 9.02. The molecule has 2 heterocycles. The van der Waals surface area contributed by atoms with E-state index in [1.54, 1.807) is 0 Å². The Bertz CT molecular complexity index is 1520. The Hall–Kier alpha value is -4.67. The van der Waals surface area contributed by atoms with Crippen LogP contribution >= 0.6 is 0 Å². The van der Waals surface area contributed by atoms with Gasteiger partial charge in [-0.25, -0.2) is 18.0 Å². The summed E-state index contributed by atoms with van der Waals surface area (Å²) in [4.78, 5) is 48.9. The van der Waals surface area contributed by atoms with Crippen molar-refractivity contribution in [3.63, 3.8) is 0 Å². The Balaban J connectivity index is 1.41. The van der Waals surface area contributed by atoms with Crippen LogP contribution in [0, 0.1) is 17.5 Å². The molecule has 1 fully saturated rings. The van der Waals surface area contributed by atoms with Crippen molar-refractivity contribution in [1.82, 2.24) is 10.2 Å². The molecule has 3 aromatic carbocycles. The fourth-order valence-electron chi connectivity index (χ4n) is 4.81. The van der Waals surface area contributed by atoms with Crippen LogP contribution in [0.2, 0.25) is 0 Å². The first-order chi connectivity index (χ1) is 18.1. The number of carbonyl (C=O) groups is 4. The zero-order valence-corrected chi connectivity index (χ0v) is 19.7. The second kappa shape index (κ2) is 9.66. The third kappa shape index (κ3) is 4.58. The van der Waals surface area contributed by atoms with Crippen LogP contribution in [-0.4, -0.2) is 34.8 Å². The van der Waals surface area contributed by atoms with Gasteiger partial charge in [-0.2, -0.15) is 0 Å². The van der Waals surface area contributed by atoms with Gasteiger partial charge in [-0.1, -0.05) is 18.2 Å². The number of primary amides is 1. The summed E-state index contributed by atoms with van der Waals surface area (Å²) in [6.45, 7) is -0.120. The summed E-state index contributed by atoms with van der Waals surface area (Å²) in [5, 5.41) is 2.19. The van der Waals surface area contributed by atoms with Gasteiger partial charge in [0.25, 0.3) is 5.91 Å². The highest BCUT2D eigenvalue weighted by Crippen LogP contribution is 2.33. The highest BCUT2D eigenvalue weighted by molar-refractivity contribution is 6.05. The Morgan fingerprint density at radius 2 is 1.79 bits per heavy atom. The standard InChI is InChI=1S/C27H20F3N3O5/c28-20-10-13(9-18-19(20)12-33(26(18)36)22-6-7-23(34)32-25(22)35)8-14-2-1-3-17(24(14)30)16-5-4-15(11-21(16)29)38-27(31)37/h1-5,9-11,22H,6-8,12H2,(H2,31,37)(H,32,34,35). The smallest absolute Gasteiger partial charge is 0.409 e. The Labute approximate surface area is 214 Å². The molecular weight excluding hydrogens is 503 g/mol. The van der Waals surface area contributed by atoms with E-state index in [9.17, 15) is 23.6 Å². The summed E-state index contributed by atoms with van der Waals surface area (Å²) in [7, 11) is 0. The maximum absolute atomic E-state index is 15.5. The number of hydrogen-bond acceptors (Lipinski definition) is 5. The summed E-state index contributed by atoms with van der Waals surface area (Å²) in [6, 6.07) is 9.53. The average Bonchev–Trinajstić information content (AvgIpc) is 3.17. The average molecular weight is 523 g/mol. The summed E-state index contributed by atoms with van der Waals surface area (Å²) in [5.74, 6) is -3.99. The second-order valence-electron chi connectivity index (χ2n) is 9.02. The molecule has 194 valence electrons. The molecule has 0 spiro atoms. The molecule has 8 nitrogen and oxygen atoms in total. The van der Waals surface area contributed by atoms with Crippen molar-refractivity contribution in [2.24, 2.45) is 5.73 Å². The van der Waals surface area contributed by atoms with Gasteiger partial charge in [0.05, 0.1) is 6.54 Å². The number of nitrogens with two attached hydrogens (primary N) is 1. The number of carbonyl (C=O) groups excluding carboxylic acids is 4. The maximum atomic E-state index is 15.5. The van der Waals surface area contributed by atoms with Gasteiger partial charge in [-0.15, -0.1) is 0 Å². The minimum Gasteiger partial charge on any atom is -0.410 e. The number of fused-ring (bicyclic) bond motifs is 1. The number of piperidine rings is 1. The SMILES string of the molecule is NC(=O)Oc1ccc(-c2cccc(Cc3cc(F)c4c(c3)C(=O)N(C3CCC(=O)NC3=O)C4)c2F)c(F)c1. The van der Waals surface area contributed by atoms with Crippen molar-refractivity contribution < 1.29 is 37.1 Å². The van der Waals surface area contributed by atoms with E-state index in [2.05, 4.69) is 10.1 Å². The first kappa shape index (κ1) is 25.0. The fraction of sp³-hybridized carbons (Fsp3) is 0.185. The topological polar surface area (TPSA) is 119 Å². The van der Waals surface area contributed by atoms with E-state index in [4.69, 9.17) is 5.73 Å². The summed E-state index contributed by atoms with van der Waals surface area (Å²) < 4.78 is 49.8. The van der Waals surface area contributed by atoms with Gasteiger partial charge in [0.2, 0.25) is 11.8 Å². The lowest BCUT2D eigenvalue weighted by Crippen LogP contribution is -2.52. The van der Waals surface area contributed by atoms with Crippen LogP contribution in [0.15, 0.2) is 48.5 Å². The first-order valence-corrected chi connectivity index (χ1v) is 11.6. The van der Waals surface area contributed by atoms with Gasteiger partial charge in [0, 0.05) is 41.2 Å². The third-order valence-corrected chi connectivity index (χ3v) is 6.58. The van der Waals surface area contributed by atoms with Gasteiger partial charge < -0.3 is 15.4 Å². The Morgan fingerprint density at radius 3 is 2.50 bits per heavy atom. The van der Waals surface area contributed by atoms with E-state index in [1.807, 2.05) is 0 Å². The van der Waals surface area contributed by atoms with Crippen LogP contribution in [0.4, 0.5) is 18.0 Å². The molecule has 1 saturated heterocycles. The Kier molecular flexibility index (Phi) is 6.35. The molecule has 2 aliphatic heterocycles. The lowest BCUT2D eigenvalue weighted by Gasteiger charge is -2.29. The molecule has 0 bridgehead atoms. The molecule has 0 aliphatic carbocycles. The van der Waals surface area contributed by atoms with E-state index in [0.717, 1.165) is 6.07 Å². The van der Waals surface area contributed by atoms with Crippen LogP contribution < -0.4 is 15.8 Å². The minimum absolute atomic E-state index is 0.0626. The summed E-state index contributed by atoms with van der Waals surface area (Å²) in [5.41, 5.74) is 5.41. The predicted molar refractivity (Wildman–Crippen MR) is 127 cm³/mol. The predicted octanol–water partition coefficient (Wildman–Crippen LogP) is 3.58. The molecule has 0 radical (unpaired) electrons. The van der Waals surface area contributed by atoms with Crippen molar-refractivity contribution in [1.29, 1.82) is 0 Å². The monoisotopic (exact) mass is 523 g/mol. The molecule has 0 aromatic heterocycles. The number of nitrogens with zero attached hydrogens (tertiary/aromatic N) is 1. The number of halogens is 3. The molecule has 2 aliphatic rings. The van der Waals surface area contributed by atoms with Crippen molar-refractivity contribution in [2.45, 2.75) is 31.8 Å². The zero-order chi connectivity index (χ0) is 27.1. The van der Waals surface area contributed by atoms with Gasteiger partial charge >= 0.3 is 6.09 Å². The number of ether oxygens (including phenoxy) is 1. The van der Waals surface area contributed by atoms with Crippen LogP contribution in [-0.2, 0) is 22.6 Å². The number of hydrogen-bond donors (Lipinski definition) is 2. The zero-order valence-electron chi connectivity index (χ0n) is 19.7. The van der Waals surface area contributed by atoms with E-state index in [0.29, 0.717) is 5.56 Å². The van der Waals surface area contributed by atoms with E-state index in [-0.39, 0.29) is 59.4 Å². The molecule has 3 N–H and O–H groups in total. The van der Waals surface area contributed by atoms with Crippen LogP contribution in [0.5, 0.6) is 5.75 Å². The molecule has 4 amide bonds. The first-order valence-electron chi connectivity index (χ1n) is 11.6. The van der Waals surface area contributed by atoms with Crippen LogP contribution in [0.1, 0.15) is 39.9 Å². The highest BCUT2D eigenvalue weighted by atomic mass is 19.1. The summed E-state index contributed by atoms with van der Waals surface area (Å²) >= 11 is 0. The van der Waals surface area contributed by atoms with Crippen molar-refractivity contribution in [2.75, 3.05) is 0 Å². The van der Waals surface area contributed by atoms with Crippen LogP contribution in [0.25, 0.3) is 11.1 Å². The number of rotatable bonds is 5. The van der Waals surface area contributed by atoms with E-state index < -0.39 is 47.3 Å². The molecular formula is C27H20F3N3O5. The van der Waals surface area contributed by atoms with E-state index in [1.165, 1.54) is 47.4 Å². The molecule has 38 heavy (non-hydrogen) atoms. The van der Waals surface area contributed by atoms with Gasteiger partial charge in [-0.3, -0.25) is 19.7 Å². The van der Waals surface area contributed by atoms with Crippen molar-refractivity contribution in [3.8, 4) is 16.9 Å². The number of nitrogens with one attached hydrogen (secondary N) is 1. The minimum atomic E-state index is -1.12. The summed E-state index contributed by atoms with van der Waals surface area (Å²) in [6.07, 6.45) is -1.00. The molecule has 3 aromatic rings. The fourth-order valence-corrected chi connectivity index (χ4v) is 4.81. The Morgan fingerprint density at radius 1 is 1.00 bits per heavy atom. The van der Waals surface area contributed by atoms with Crippen molar-refractivity contribution in [3.05, 3.63) is 88.2 Å². The van der Waals surface area contributed by atoms with Gasteiger partial charge in [-0.05, 0) is 41.8 Å². The largest absolute Gasteiger partial charge is 0.410 e. The lowest BCUT2D eigenvalue weighted by molar-refractivity contribution is -0.136. The molecule has 5 rings (SSSR count). The maximum Gasteiger partial charge on any atom is 0.409 e.